The van der Waals surface area contributed by atoms with E-state index in [1.54, 1.807) is 0 Å². The first kappa shape index (κ1) is 22.9. The lowest BCUT2D eigenvalue weighted by Crippen LogP contribution is -2.37. The molecule has 0 bridgehead atoms. The average molecular weight is 474 g/mol. The number of alkyl halides is 2. The number of aromatic nitrogens is 4. The molecule has 0 fully saturated rings. The van der Waals surface area contributed by atoms with Gasteiger partial charge in [-0.1, -0.05) is 16.9 Å². The number of carbonyl (C=O) groups excluding carboxylic acids is 1. The molecular weight excluding hydrogens is 461 g/mol. The van der Waals surface area contributed by atoms with Gasteiger partial charge in [0.25, 0.3) is 6.43 Å². The van der Waals surface area contributed by atoms with Crippen molar-refractivity contribution in [1.29, 1.82) is 0 Å². The molecule has 0 aliphatic carbocycles. The Morgan fingerprint density at radius 2 is 2.00 bits per heavy atom. The normalized spacial score (nSPS) is 11.0. The zero-order valence-electron chi connectivity index (χ0n) is 15.8. The number of amides is 2. The summed E-state index contributed by atoms with van der Waals surface area (Å²) in [6.45, 7) is -0.293. The number of nitrogens with one attached hydrogen (secondary N) is 2. The van der Waals surface area contributed by atoms with Gasteiger partial charge in [0.1, 0.15) is 5.82 Å². The number of carbonyl (C=O) groups is 2. The van der Waals surface area contributed by atoms with Crippen LogP contribution in [0.15, 0.2) is 37.2 Å². The minimum Gasteiger partial charge on any atom is -0.465 e. The summed E-state index contributed by atoms with van der Waals surface area (Å²) >= 11 is 1.04. The fourth-order valence-corrected chi connectivity index (χ4v) is 3.18. The summed E-state index contributed by atoms with van der Waals surface area (Å²) in [5, 5.41) is 23.8. The van der Waals surface area contributed by atoms with Gasteiger partial charge in [0.2, 0.25) is 11.7 Å². The Bertz CT molecular complexity index is 1180. The van der Waals surface area contributed by atoms with Crippen LogP contribution in [0.25, 0.3) is 17.2 Å². The minimum absolute atomic E-state index is 0.0531. The van der Waals surface area contributed by atoms with Gasteiger partial charge in [-0.05, 0) is 28.5 Å². The van der Waals surface area contributed by atoms with E-state index in [0.717, 1.165) is 34.5 Å². The topological polar surface area (TPSA) is 165 Å². The van der Waals surface area contributed by atoms with Crippen LogP contribution in [0.1, 0.15) is 12.0 Å². The predicted octanol–water partition coefficient (Wildman–Crippen LogP) is 1.43. The highest BCUT2D eigenvalue weighted by molar-refractivity contribution is 7.99. The standard InChI is InChI=1S/C16H13F3N6O6S/c17-9-2-1-7(5-8(9)12(18)19)25-13(23-30-16(25)29)11-14(24-31-22-11)32-4-3-20-10(26)6-21-15(27)28/h1-2,5,12,21H,3-4,6H2,(H,20,26)(H,27,28). The largest absolute Gasteiger partial charge is 0.465 e. The van der Waals surface area contributed by atoms with Gasteiger partial charge in [-0.2, -0.15) is 0 Å². The van der Waals surface area contributed by atoms with E-state index in [2.05, 4.69) is 29.9 Å². The van der Waals surface area contributed by atoms with Gasteiger partial charge < -0.3 is 15.7 Å². The van der Waals surface area contributed by atoms with E-state index in [-0.39, 0.29) is 34.5 Å². The molecule has 170 valence electrons. The average Bonchev–Trinajstić information content (AvgIpc) is 3.36. The first-order valence-corrected chi connectivity index (χ1v) is 9.62. The Kier molecular flexibility index (Phi) is 7.14. The molecule has 0 atom stereocenters. The molecule has 2 amide bonds. The molecule has 3 N–H and O–H groups in total. The van der Waals surface area contributed by atoms with E-state index >= 15 is 0 Å². The van der Waals surface area contributed by atoms with Gasteiger partial charge in [-0.25, -0.2) is 32.0 Å². The summed E-state index contributed by atoms with van der Waals surface area (Å²) in [5.74, 6) is -2.71. The second-order valence-electron chi connectivity index (χ2n) is 5.89. The van der Waals surface area contributed by atoms with Crippen molar-refractivity contribution in [3.05, 3.63) is 40.1 Å². The van der Waals surface area contributed by atoms with Gasteiger partial charge in [0.05, 0.1) is 17.8 Å². The molecule has 2 aromatic heterocycles. The fourth-order valence-electron chi connectivity index (χ4n) is 2.43. The third-order valence-electron chi connectivity index (χ3n) is 3.81. The number of rotatable bonds is 9. The van der Waals surface area contributed by atoms with Gasteiger partial charge in [-0.15, -0.1) is 0 Å². The Morgan fingerprint density at radius 3 is 2.72 bits per heavy atom. The van der Waals surface area contributed by atoms with Crippen molar-refractivity contribution in [2.75, 3.05) is 18.8 Å². The Morgan fingerprint density at radius 1 is 1.22 bits per heavy atom. The fraction of sp³-hybridized carbons (Fsp3) is 0.250. The van der Waals surface area contributed by atoms with Crippen LogP contribution >= 0.6 is 11.8 Å². The molecule has 0 unspecified atom stereocenters. The van der Waals surface area contributed by atoms with Crippen LogP contribution in [0.2, 0.25) is 0 Å². The predicted molar refractivity (Wildman–Crippen MR) is 100 cm³/mol. The Balaban J connectivity index is 1.76. The number of carboxylic acid groups (broad SMARTS) is 1. The maximum Gasteiger partial charge on any atom is 0.446 e. The lowest BCUT2D eigenvalue weighted by molar-refractivity contribution is -0.120. The third-order valence-corrected chi connectivity index (χ3v) is 4.76. The molecule has 0 saturated carbocycles. The molecule has 12 nitrogen and oxygen atoms in total. The van der Waals surface area contributed by atoms with Crippen molar-refractivity contribution in [3.63, 3.8) is 0 Å². The van der Waals surface area contributed by atoms with Crippen molar-refractivity contribution in [2.45, 2.75) is 11.5 Å². The highest BCUT2D eigenvalue weighted by Crippen LogP contribution is 2.29. The molecule has 0 spiro atoms. The molecule has 3 aromatic rings. The number of benzene rings is 1. The lowest BCUT2D eigenvalue weighted by Gasteiger charge is -2.07. The van der Waals surface area contributed by atoms with E-state index in [9.17, 15) is 27.6 Å². The number of nitrogens with zero attached hydrogens (tertiary/aromatic N) is 4. The highest BCUT2D eigenvalue weighted by Gasteiger charge is 2.24. The van der Waals surface area contributed by atoms with E-state index < -0.39 is 42.1 Å². The van der Waals surface area contributed by atoms with E-state index in [0.29, 0.717) is 0 Å². The van der Waals surface area contributed by atoms with E-state index in [4.69, 9.17) is 5.11 Å². The molecule has 1 aromatic carbocycles. The van der Waals surface area contributed by atoms with Gasteiger partial charge in [0.15, 0.2) is 10.7 Å². The van der Waals surface area contributed by atoms with Gasteiger partial charge >= 0.3 is 11.8 Å². The molecular formula is C16H13F3N6O6S. The van der Waals surface area contributed by atoms with E-state index in [1.165, 1.54) is 0 Å². The van der Waals surface area contributed by atoms with Crippen LogP contribution < -0.4 is 16.4 Å². The van der Waals surface area contributed by atoms with Crippen LogP contribution in [0.3, 0.4) is 0 Å². The van der Waals surface area contributed by atoms with Crippen LogP contribution in [-0.2, 0) is 4.79 Å². The van der Waals surface area contributed by atoms with Crippen molar-refractivity contribution in [1.82, 2.24) is 30.7 Å². The Hall–Kier alpha value is -3.82. The molecule has 0 aliphatic heterocycles. The van der Waals surface area contributed by atoms with E-state index in [1.807, 2.05) is 5.32 Å². The monoisotopic (exact) mass is 474 g/mol. The van der Waals surface area contributed by atoms with Crippen molar-refractivity contribution in [3.8, 4) is 17.2 Å². The molecule has 0 radical (unpaired) electrons. The maximum absolute atomic E-state index is 13.6. The summed E-state index contributed by atoms with van der Waals surface area (Å²) in [6, 6.07) is 2.64. The summed E-state index contributed by atoms with van der Waals surface area (Å²) in [6.07, 6.45) is -4.46. The second-order valence-corrected chi connectivity index (χ2v) is 6.97. The highest BCUT2D eigenvalue weighted by atomic mass is 32.2. The SMILES string of the molecule is O=C(O)NCC(=O)NCCSc1nonc1-c1noc(=O)n1-c1ccc(F)c(C(F)F)c1. The zero-order chi connectivity index (χ0) is 23.3. The van der Waals surface area contributed by atoms with Crippen LogP contribution in [0, 0.1) is 5.82 Å². The van der Waals surface area contributed by atoms with Crippen LogP contribution in [-0.4, -0.2) is 56.0 Å². The number of hydrogen-bond donors (Lipinski definition) is 3. The molecule has 3 rings (SSSR count). The lowest BCUT2D eigenvalue weighted by atomic mass is 10.2. The Labute approximate surface area is 179 Å². The quantitative estimate of drug-likeness (QED) is 0.305. The summed E-state index contributed by atoms with van der Waals surface area (Å²) in [5.41, 5.74) is -1.11. The maximum atomic E-state index is 13.6. The van der Waals surface area contributed by atoms with Crippen LogP contribution in [0.4, 0.5) is 18.0 Å². The zero-order valence-corrected chi connectivity index (χ0v) is 16.6. The van der Waals surface area contributed by atoms with Crippen molar-refractivity contribution >= 4 is 23.8 Å². The number of halogens is 3. The molecule has 32 heavy (non-hydrogen) atoms. The summed E-state index contributed by atoms with van der Waals surface area (Å²) in [7, 11) is 0. The van der Waals surface area contributed by atoms with Gasteiger partial charge in [0, 0.05) is 12.3 Å². The first-order chi connectivity index (χ1) is 15.3. The summed E-state index contributed by atoms with van der Waals surface area (Å²) < 4.78 is 49.8. The van der Waals surface area contributed by atoms with Crippen LogP contribution in [0.5, 0.6) is 0 Å². The third kappa shape index (κ3) is 5.26. The molecule has 2 heterocycles. The molecule has 16 heteroatoms. The van der Waals surface area contributed by atoms with Gasteiger partial charge in [-0.3, -0.25) is 9.32 Å². The molecule has 0 aliphatic rings. The smallest absolute Gasteiger partial charge is 0.446 e. The number of thioether (sulfide) groups is 1. The number of hydrogen-bond acceptors (Lipinski definition) is 9. The second kappa shape index (κ2) is 9.99. The van der Waals surface area contributed by atoms with Crippen molar-refractivity contribution in [2.24, 2.45) is 0 Å². The first-order valence-electron chi connectivity index (χ1n) is 8.64. The minimum atomic E-state index is -3.12. The molecule has 0 saturated heterocycles. The summed E-state index contributed by atoms with van der Waals surface area (Å²) in [4.78, 5) is 33.9. The van der Waals surface area contributed by atoms with Crippen molar-refractivity contribution < 1.29 is 37.0 Å².